The van der Waals surface area contributed by atoms with Crippen molar-refractivity contribution in [3.8, 4) is 5.75 Å². The number of ether oxygens (including phenoxy) is 2. The van der Waals surface area contributed by atoms with Crippen molar-refractivity contribution in [3.05, 3.63) is 29.8 Å². The lowest BCUT2D eigenvalue weighted by molar-refractivity contribution is -0.150. The van der Waals surface area contributed by atoms with Crippen LogP contribution in [0.1, 0.15) is 71.8 Å². The molecule has 2 rings (SSSR count). The fourth-order valence-electron chi connectivity index (χ4n) is 3.04. The summed E-state index contributed by atoms with van der Waals surface area (Å²) in [6.45, 7) is 8.88. The maximum absolute atomic E-state index is 6.24. The summed E-state index contributed by atoms with van der Waals surface area (Å²) in [7, 11) is 0. The molecule has 1 fully saturated rings. The van der Waals surface area contributed by atoms with Crippen LogP contribution in [-0.2, 0) is 11.2 Å². The first-order chi connectivity index (χ1) is 11.0. The number of hydrogen-bond acceptors (Lipinski definition) is 2. The predicted molar refractivity (Wildman–Crippen MR) is 96.8 cm³/mol. The van der Waals surface area contributed by atoms with E-state index in [1.165, 1.54) is 44.1 Å². The Morgan fingerprint density at radius 2 is 1.61 bits per heavy atom. The fraction of sp³-hybridized carbons (Fsp3) is 0.714. The Kier molecular flexibility index (Phi) is 7.42. The molecule has 1 aliphatic carbocycles. The summed E-state index contributed by atoms with van der Waals surface area (Å²) in [5, 5.41) is 0. The van der Waals surface area contributed by atoms with E-state index in [0.29, 0.717) is 12.0 Å². The van der Waals surface area contributed by atoms with Crippen LogP contribution in [0.5, 0.6) is 5.75 Å². The van der Waals surface area contributed by atoms with Gasteiger partial charge in [0.2, 0.25) is 6.29 Å². The van der Waals surface area contributed by atoms with E-state index in [9.17, 15) is 0 Å². The standard InChI is InChI=1S/C21H34O2/c1-16(2)10-11-18-12-14-20(15-13-18)23-21(17(3)4)22-19-8-6-5-7-9-19/h12-17,19,21H,5-11H2,1-4H3. The van der Waals surface area contributed by atoms with Crippen LogP contribution in [0.15, 0.2) is 24.3 Å². The van der Waals surface area contributed by atoms with Crippen LogP contribution in [0.2, 0.25) is 0 Å². The van der Waals surface area contributed by atoms with Gasteiger partial charge in [0.05, 0.1) is 6.10 Å². The largest absolute Gasteiger partial charge is 0.465 e. The van der Waals surface area contributed by atoms with Crippen molar-refractivity contribution < 1.29 is 9.47 Å². The van der Waals surface area contributed by atoms with E-state index in [0.717, 1.165) is 18.1 Å². The molecule has 0 aliphatic heterocycles. The molecule has 0 bridgehead atoms. The second kappa shape index (κ2) is 9.32. The molecule has 0 saturated heterocycles. The molecule has 1 unspecified atom stereocenters. The summed E-state index contributed by atoms with van der Waals surface area (Å²) in [4.78, 5) is 0. The number of hydrogen-bond donors (Lipinski definition) is 0. The predicted octanol–water partition coefficient (Wildman–Crippen LogP) is 5.99. The molecular weight excluding hydrogens is 284 g/mol. The third-order valence-corrected chi connectivity index (χ3v) is 4.61. The average Bonchev–Trinajstić information content (AvgIpc) is 2.54. The zero-order valence-electron chi connectivity index (χ0n) is 15.4. The molecule has 130 valence electrons. The topological polar surface area (TPSA) is 18.5 Å². The SMILES string of the molecule is CC(C)CCc1ccc(OC(OC2CCCCC2)C(C)C)cc1. The highest BCUT2D eigenvalue weighted by Gasteiger charge is 2.23. The van der Waals surface area contributed by atoms with Gasteiger partial charge in [-0.1, -0.05) is 59.1 Å². The van der Waals surface area contributed by atoms with Gasteiger partial charge in [-0.3, -0.25) is 0 Å². The van der Waals surface area contributed by atoms with Crippen LogP contribution < -0.4 is 4.74 Å². The van der Waals surface area contributed by atoms with Crippen LogP contribution in [-0.4, -0.2) is 12.4 Å². The Hall–Kier alpha value is -1.02. The molecule has 1 aromatic rings. The second-order valence-corrected chi connectivity index (χ2v) is 7.70. The van der Waals surface area contributed by atoms with E-state index in [4.69, 9.17) is 9.47 Å². The maximum Gasteiger partial charge on any atom is 0.202 e. The van der Waals surface area contributed by atoms with E-state index in [1.54, 1.807) is 0 Å². The lowest BCUT2D eigenvalue weighted by atomic mass is 9.97. The summed E-state index contributed by atoms with van der Waals surface area (Å²) in [6, 6.07) is 8.57. The number of benzene rings is 1. The molecule has 0 heterocycles. The fourth-order valence-corrected chi connectivity index (χ4v) is 3.04. The van der Waals surface area contributed by atoms with E-state index in [-0.39, 0.29) is 6.29 Å². The van der Waals surface area contributed by atoms with Gasteiger partial charge in [0.15, 0.2) is 0 Å². The Labute approximate surface area is 142 Å². The summed E-state index contributed by atoms with van der Waals surface area (Å²) < 4.78 is 12.4. The Morgan fingerprint density at radius 1 is 0.957 bits per heavy atom. The van der Waals surface area contributed by atoms with Gasteiger partial charge in [0.25, 0.3) is 0 Å². The Morgan fingerprint density at radius 3 is 2.17 bits per heavy atom. The van der Waals surface area contributed by atoms with Crippen LogP contribution in [0.3, 0.4) is 0 Å². The minimum Gasteiger partial charge on any atom is -0.465 e. The number of rotatable bonds is 8. The summed E-state index contributed by atoms with van der Waals surface area (Å²) >= 11 is 0. The molecule has 0 radical (unpaired) electrons. The van der Waals surface area contributed by atoms with Crippen LogP contribution >= 0.6 is 0 Å². The van der Waals surface area contributed by atoms with Crippen molar-refractivity contribution in [1.82, 2.24) is 0 Å². The minimum absolute atomic E-state index is 0.139. The molecule has 0 N–H and O–H groups in total. The van der Waals surface area contributed by atoms with E-state index >= 15 is 0 Å². The molecule has 1 aromatic carbocycles. The smallest absolute Gasteiger partial charge is 0.202 e. The average molecular weight is 319 g/mol. The van der Waals surface area contributed by atoms with Crippen molar-refractivity contribution in [3.63, 3.8) is 0 Å². The zero-order valence-corrected chi connectivity index (χ0v) is 15.4. The minimum atomic E-state index is -0.139. The molecule has 23 heavy (non-hydrogen) atoms. The monoisotopic (exact) mass is 318 g/mol. The number of aryl methyl sites for hydroxylation is 1. The summed E-state index contributed by atoms with van der Waals surface area (Å²) in [5.41, 5.74) is 1.39. The van der Waals surface area contributed by atoms with Crippen molar-refractivity contribution in [2.24, 2.45) is 11.8 Å². The summed E-state index contributed by atoms with van der Waals surface area (Å²) in [5.74, 6) is 2.03. The molecular formula is C21H34O2. The van der Waals surface area contributed by atoms with Gasteiger partial charge in [-0.05, 0) is 49.3 Å². The maximum atomic E-state index is 6.24. The van der Waals surface area contributed by atoms with Gasteiger partial charge < -0.3 is 9.47 Å². The van der Waals surface area contributed by atoms with Crippen LogP contribution in [0, 0.1) is 11.8 Å². The highest BCUT2D eigenvalue weighted by atomic mass is 16.7. The molecule has 1 atom stereocenters. The molecule has 1 saturated carbocycles. The first-order valence-electron chi connectivity index (χ1n) is 9.45. The quantitative estimate of drug-likeness (QED) is 0.548. The molecule has 1 aliphatic rings. The Bertz CT molecular complexity index is 430. The lowest BCUT2D eigenvalue weighted by Crippen LogP contribution is -2.32. The van der Waals surface area contributed by atoms with Gasteiger partial charge in [-0.2, -0.15) is 0 Å². The summed E-state index contributed by atoms with van der Waals surface area (Å²) in [6.07, 6.45) is 8.91. The van der Waals surface area contributed by atoms with Crippen LogP contribution in [0.4, 0.5) is 0 Å². The van der Waals surface area contributed by atoms with Crippen molar-refractivity contribution in [2.45, 2.75) is 85.0 Å². The first kappa shape index (κ1) is 18.3. The van der Waals surface area contributed by atoms with E-state index in [2.05, 4.69) is 52.0 Å². The zero-order chi connectivity index (χ0) is 16.7. The van der Waals surface area contributed by atoms with Gasteiger partial charge in [-0.15, -0.1) is 0 Å². The van der Waals surface area contributed by atoms with Crippen molar-refractivity contribution in [2.75, 3.05) is 0 Å². The third kappa shape index (κ3) is 6.55. The van der Waals surface area contributed by atoms with E-state index in [1.807, 2.05) is 0 Å². The molecule has 0 spiro atoms. The van der Waals surface area contributed by atoms with Gasteiger partial charge >= 0.3 is 0 Å². The highest BCUT2D eigenvalue weighted by Crippen LogP contribution is 2.25. The van der Waals surface area contributed by atoms with Crippen molar-refractivity contribution >= 4 is 0 Å². The molecule has 2 nitrogen and oxygen atoms in total. The normalized spacial score (nSPS) is 17.7. The first-order valence-corrected chi connectivity index (χ1v) is 9.45. The van der Waals surface area contributed by atoms with Crippen molar-refractivity contribution in [1.29, 1.82) is 0 Å². The highest BCUT2D eigenvalue weighted by molar-refractivity contribution is 5.27. The second-order valence-electron chi connectivity index (χ2n) is 7.70. The van der Waals surface area contributed by atoms with E-state index < -0.39 is 0 Å². The van der Waals surface area contributed by atoms with Gasteiger partial charge in [-0.25, -0.2) is 0 Å². The molecule has 0 amide bonds. The van der Waals surface area contributed by atoms with Crippen LogP contribution in [0.25, 0.3) is 0 Å². The third-order valence-electron chi connectivity index (χ3n) is 4.61. The van der Waals surface area contributed by atoms with Gasteiger partial charge in [0.1, 0.15) is 5.75 Å². The van der Waals surface area contributed by atoms with Gasteiger partial charge in [0, 0.05) is 5.92 Å². The molecule has 0 aromatic heterocycles. The lowest BCUT2D eigenvalue weighted by Gasteiger charge is -2.30. The Balaban J connectivity index is 1.88. The molecule has 2 heteroatoms.